The van der Waals surface area contributed by atoms with Gasteiger partial charge in [0.25, 0.3) is 5.91 Å². The maximum Gasteiger partial charge on any atom is 0.418 e. The van der Waals surface area contributed by atoms with Crippen molar-refractivity contribution in [3.63, 3.8) is 0 Å². The standard InChI is InChI=1S/C12H9BrF3N3O/c1-19-6-7(5-17-19)11(20)18-10-3-2-8(13)4-9(10)12(14,15)16/h2-6H,1H3,(H,18,20). The van der Waals surface area contributed by atoms with Crippen LogP contribution in [-0.4, -0.2) is 15.7 Å². The second-order valence-electron chi connectivity index (χ2n) is 4.04. The fourth-order valence-electron chi connectivity index (χ4n) is 1.59. The summed E-state index contributed by atoms with van der Waals surface area (Å²) in [5, 5.41) is 6.03. The summed E-state index contributed by atoms with van der Waals surface area (Å²) in [5.74, 6) is -0.647. The molecule has 20 heavy (non-hydrogen) atoms. The van der Waals surface area contributed by atoms with E-state index in [2.05, 4.69) is 26.3 Å². The predicted octanol–water partition coefficient (Wildman–Crippen LogP) is 3.45. The average Bonchev–Trinajstić information content (AvgIpc) is 2.77. The third-order valence-electron chi connectivity index (χ3n) is 2.50. The Bertz CT molecular complexity index is 652. The van der Waals surface area contributed by atoms with Crippen molar-refractivity contribution in [2.24, 2.45) is 7.05 Å². The van der Waals surface area contributed by atoms with Gasteiger partial charge in [-0.1, -0.05) is 15.9 Å². The Labute approximate surface area is 120 Å². The summed E-state index contributed by atoms with van der Waals surface area (Å²) < 4.78 is 40.4. The van der Waals surface area contributed by atoms with E-state index in [4.69, 9.17) is 0 Å². The van der Waals surface area contributed by atoms with Gasteiger partial charge in [0.2, 0.25) is 0 Å². The van der Waals surface area contributed by atoms with Crippen molar-refractivity contribution >= 4 is 27.5 Å². The molecule has 4 nitrogen and oxygen atoms in total. The summed E-state index contributed by atoms with van der Waals surface area (Å²) in [6, 6.07) is 3.54. The molecule has 0 radical (unpaired) electrons. The molecule has 0 aliphatic carbocycles. The minimum Gasteiger partial charge on any atom is -0.321 e. The van der Waals surface area contributed by atoms with Gasteiger partial charge in [-0.15, -0.1) is 0 Å². The van der Waals surface area contributed by atoms with Gasteiger partial charge in [0.1, 0.15) is 0 Å². The first kappa shape index (κ1) is 14.6. The van der Waals surface area contributed by atoms with Crippen LogP contribution in [0.5, 0.6) is 0 Å². The molecule has 8 heteroatoms. The van der Waals surface area contributed by atoms with E-state index in [1.54, 1.807) is 7.05 Å². The number of carbonyl (C=O) groups is 1. The third-order valence-corrected chi connectivity index (χ3v) is 3.00. The molecule has 0 atom stereocenters. The molecule has 1 aromatic heterocycles. The lowest BCUT2D eigenvalue weighted by atomic mass is 10.1. The summed E-state index contributed by atoms with van der Waals surface area (Å²) in [4.78, 5) is 11.8. The van der Waals surface area contributed by atoms with Crippen molar-refractivity contribution in [2.75, 3.05) is 5.32 Å². The van der Waals surface area contributed by atoms with E-state index >= 15 is 0 Å². The number of hydrogen-bond acceptors (Lipinski definition) is 2. The molecule has 0 unspecified atom stereocenters. The number of hydrogen-bond donors (Lipinski definition) is 1. The highest BCUT2D eigenvalue weighted by atomic mass is 79.9. The summed E-state index contributed by atoms with van der Waals surface area (Å²) in [6.45, 7) is 0. The Morgan fingerprint density at radius 1 is 1.40 bits per heavy atom. The predicted molar refractivity (Wildman–Crippen MR) is 70.3 cm³/mol. The monoisotopic (exact) mass is 347 g/mol. The van der Waals surface area contributed by atoms with Crippen molar-refractivity contribution in [2.45, 2.75) is 6.18 Å². The first-order chi connectivity index (χ1) is 9.27. The Morgan fingerprint density at radius 2 is 2.10 bits per heavy atom. The van der Waals surface area contributed by atoms with E-state index in [1.807, 2.05) is 0 Å². The van der Waals surface area contributed by atoms with Gasteiger partial charge in [-0.3, -0.25) is 9.48 Å². The zero-order valence-electron chi connectivity index (χ0n) is 10.2. The van der Waals surface area contributed by atoms with Gasteiger partial charge in [0, 0.05) is 17.7 Å². The number of halogens is 4. The van der Waals surface area contributed by atoms with Crippen LogP contribution in [0.25, 0.3) is 0 Å². The van der Waals surface area contributed by atoms with Gasteiger partial charge in [-0.05, 0) is 18.2 Å². The number of carbonyl (C=O) groups excluding carboxylic acids is 1. The second kappa shape index (κ2) is 5.28. The van der Waals surface area contributed by atoms with Gasteiger partial charge in [-0.2, -0.15) is 18.3 Å². The number of nitrogens with zero attached hydrogens (tertiary/aromatic N) is 2. The number of rotatable bonds is 2. The van der Waals surface area contributed by atoms with Crippen molar-refractivity contribution in [3.8, 4) is 0 Å². The van der Waals surface area contributed by atoms with Crippen LogP contribution in [0.1, 0.15) is 15.9 Å². The normalized spacial score (nSPS) is 11.4. The smallest absolute Gasteiger partial charge is 0.321 e. The summed E-state index contributed by atoms with van der Waals surface area (Å²) in [5.41, 5.74) is -1.03. The van der Waals surface area contributed by atoms with Crippen molar-refractivity contribution in [1.29, 1.82) is 0 Å². The van der Waals surface area contributed by atoms with Crippen molar-refractivity contribution in [1.82, 2.24) is 9.78 Å². The van der Waals surface area contributed by atoms with Crippen LogP contribution in [0, 0.1) is 0 Å². The fourth-order valence-corrected chi connectivity index (χ4v) is 1.95. The average molecular weight is 348 g/mol. The molecule has 2 aromatic rings. The molecule has 0 fully saturated rings. The van der Waals surface area contributed by atoms with Gasteiger partial charge in [0.15, 0.2) is 0 Å². The first-order valence-corrected chi connectivity index (χ1v) is 6.23. The zero-order valence-corrected chi connectivity index (χ0v) is 11.8. The minimum absolute atomic E-state index is 0.184. The van der Waals surface area contributed by atoms with Crippen LogP contribution in [0.15, 0.2) is 35.1 Å². The number of anilines is 1. The Balaban J connectivity index is 2.32. The van der Waals surface area contributed by atoms with Gasteiger partial charge >= 0.3 is 6.18 Å². The van der Waals surface area contributed by atoms with Gasteiger partial charge in [0.05, 0.1) is 23.0 Å². The van der Waals surface area contributed by atoms with Crippen LogP contribution in [0.3, 0.4) is 0 Å². The number of aryl methyl sites for hydroxylation is 1. The van der Waals surface area contributed by atoms with Crippen molar-refractivity contribution in [3.05, 3.63) is 46.2 Å². The Morgan fingerprint density at radius 3 is 2.65 bits per heavy atom. The van der Waals surface area contributed by atoms with E-state index in [0.717, 1.165) is 6.07 Å². The lowest BCUT2D eigenvalue weighted by molar-refractivity contribution is -0.136. The molecule has 1 amide bonds. The molecule has 1 heterocycles. The molecular formula is C12H9BrF3N3O. The number of nitrogens with one attached hydrogen (secondary N) is 1. The van der Waals surface area contributed by atoms with E-state index in [1.165, 1.54) is 29.2 Å². The number of aromatic nitrogens is 2. The first-order valence-electron chi connectivity index (χ1n) is 5.44. The van der Waals surface area contributed by atoms with Crippen LogP contribution < -0.4 is 5.32 Å². The van der Waals surface area contributed by atoms with Crippen LogP contribution in [-0.2, 0) is 13.2 Å². The summed E-state index contributed by atoms with van der Waals surface area (Å²) in [6.07, 6.45) is -1.86. The summed E-state index contributed by atoms with van der Waals surface area (Å²) in [7, 11) is 1.61. The molecule has 1 aromatic carbocycles. The van der Waals surface area contributed by atoms with E-state index in [9.17, 15) is 18.0 Å². The Kier molecular flexibility index (Phi) is 3.85. The van der Waals surface area contributed by atoms with Crippen LogP contribution in [0.4, 0.5) is 18.9 Å². The Hall–Kier alpha value is -1.83. The second-order valence-corrected chi connectivity index (χ2v) is 4.96. The molecule has 2 rings (SSSR count). The molecule has 0 saturated carbocycles. The molecular weight excluding hydrogens is 339 g/mol. The van der Waals surface area contributed by atoms with E-state index in [-0.39, 0.29) is 15.7 Å². The third kappa shape index (κ3) is 3.19. The minimum atomic E-state index is -4.55. The quantitative estimate of drug-likeness (QED) is 0.904. The molecule has 0 saturated heterocycles. The molecule has 1 N–H and O–H groups in total. The van der Waals surface area contributed by atoms with Crippen LogP contribution >= 0.6 is 15.9 Å². The van der Waals surface area contributed by atoms with Gasteiger partial charge in [-0.25, -0.2) is 0 Å². The highest BCUT2D eigenvalue weighted by molar-refractivity contribution is 9.10. The maximum atomic E-state index is 12.9. The zero-order chi connectivity index (χ0) is 14.9. The lowest BCUT2D eigenvalue weighted by Crippen LogP contribution is -2.16. The van der Waals surface area contributed by atoms with E-state index < -0.39 is 17.6 Å². The molecule has 106 valence electrons. The SMILES string of the molecule is Cn1cc(C(=O)Nc2ccc(Br)cc2C(F)(F)F)cn1. The maximum absolute atomic E-state index is 12.9. The number of amides is 1. The van der Waals surface area contributed by atoms with E-state index in [0.29, 0.717) is 0 Å². The summed E-state index contributed by atoms with van der Waals surface area (Å²) >= 11 is 2.98. The topological polar surface area (TPSA) is 46.9 Å². The molecule has 0 spiro atoms. The van der Waals surface area contributed by atoms with Gasteiger partial charge < -0.3 is 5.32 Å². The highest BCUT2D eigenvalue weighted by Gasteiger charge is 2.34. The molecule has 0 aliphatic rings. The number of alkyl halides is 3. The van der Waals surface area contributed by atoms with Crippen LogP contribution in [0.2, 0.25) is 0 Å². The van der Waals surface area contributed by atoms with Crippen molar-refractivity contribution < 1.29 is 18.0 Å². The fraction of sp³-hybridized carbons (Fsp3) is 0.167. The lowest BCUT2D eigenvalue weighted by Gasteiger charge is -2.13. The highest BCUT2D eigenvalue weighted by Crippen LogP contribution is 2.36. The number of benzene rings is 1. The molecule has 0 bridgehead atoms. The molecule has 0 aliphatic heterocycles. The largest absolute Gasteiger partial charge is 0.418 e.